The number of aromatic nitrogens is 2. The summed E-state index contributed by atoms with van der Waals surface area (Å²) in [5.41, 5.74) is 0.566. The van der Waals surface area contributed by atoms with Crippen LogP contribution >= 0.6 is 0 Å². The van der Waals surface area contributed by atoms with Gasteiger partial charge >= 0.3 is 6.03 Å². The minimum atomic E-state index is -0.985. The zero-order valence-electron chi connectivity index (χ0n) is 18.2. The summed E-state index contributed by atoms with van der Waals surface area (Å²) in [5, 5.41) is 5.55. The molecule has 10 nitrogen and oxygen atoms in total. The number of carbonyl (C=O) groups excluding carboxylic acids is 3. The number of hydrogen-bond donors (Lipinski definition) is 2. The predicted octanol–water partition coefficient (Wildman–Crippen LogP) is 1.87. The number of imide groups is 1. The molecule has 2 fully saturated rings. The maximum Gasteiger partial charge on any atom is 0.325 e. The van der Waals surface area contributed by atoms with E-state index in [-0.39, 0.29) is 12.5 Å². The molecule has 2 saturated heterocycles. The second kappa shape index (κ2) is 8.12. The summed E-state index contributed by atoms with van der Waals surface area (Å²) in [5.74, 6) is 0.719. The van der Waals surface area contributed by atoms with Gasteiger partial charge in [0.15, 0.2) is 5.82 Å². The third-order valence-corrected chi connectivity index (χ3v) is 6.27. The second-order valence-corrected chi connectivity index (χ2v) is 8.22. The average molecular weight is 448 g/mol. The van der Waals surface area contributed by atoms with Crippen molar-refractivity contribution in [1.82, 2.24) is 19.6 Å². The summed E-state index contributed by atoms with van der Waals surface area (Å²) in [6.45, 7) is 0.790. The molecule has 170 valence electrons. The third-order valence-electron chi connectivity index (χ3n) is 6.27. The fourth-order valence-electron chi connectivity index (χ4n) is 4.48. The van der Waals surface area contributed by atoms with Gasteiger partial charge in [0, 0.05) is 37.4 Å². The van der Waals surface area contributed by atoms with Gasteiger partial charge in [0.2, 0.25) is 5.91 Å². The summed E-state index contributed by atoms with van der Waals surface area (Å²) in [6, 6.07) is 10.2. The number of anilines is 2. The largest absolute Gasteiger partial charge is 0.497 e. The highest BCUT2D eigenvalue weighted by Gasteiger charge is 2.52. The molecular weight excluding hydrogens is 424 g/mol. The fraction of sp³-hybridized carbons (Fsp3) is 0.304. The SMILES string of the molecule is COc1ccc(NC(=O)CN2C(=O)NC3(CCN(c4nccn5cccc45)CC3)C2=O)cc1. The summed E-state index contributed by atoms with van der Waals surface area (Å²) in [7, 11) is 1.56. The van der Waals surface area contributed by atoms with Crippen LogP contribution in [-0.4, -0.2) is 64.4 Å². The van der Waals surface area contributed by atoms with Crippen LogP contribution in [0.2, 0.25) is 0 Å². The van der Waals surface area contributed by atoms with Gasteiger partial charge in [-0.3, -0.25) is 14.5 Å². The molecule has 4 heterocycles. The first-order chi connectivity index (χ1) is 16.0. The van der Waals surface area contributed by atoms with Crippen molar-refractivity contribution < 1.29 is 19.1 Å². The Balaban J connectivity index is 1.24. The molecule has 2 aromatic heterocycles. The Morgan fingerprint density at radius 1 is 1.15 bits per heavy atom. The molecule has 0 radical (unpaired) electrons. The van der Waals surface area contributed by atoms with Gasteiger partial charge in [-0.2, -0.15) is 0 Å². The number of benzene rings is 1. The molecular formula is C23H24N6O4. The van der Waals surface area contributed by atoms with Gasteiger partial charge in [0.1, 0.15) is 17.8 Å². The van der Waals surface area contributed by atoms with E-state index < -0.39 is 17.5 Å². The number of urea groups is 1. The predicted molar refractivity (Wildman–Crippen MR) is 121 cm³/mol. The number of methoxy groups -OCH3 is 1. The first-order valence-electron chi connectivity index (χ1n) is 10.7. The Hall–Kier alpha value is -4.08. The topological polar surface area (TPSA) is 108 Å². The van der Waals surface area contributed by atoms with Crippen LogP contribution < -0.4 is 20.3 Å². The van der Waals surface area contributed by atoms with E-state index in [0.717, 1.165) is 16.2 Å². The molecule has 0 unspecified atom stereocenters. The van der Waals surface area contributed by atoms with E-state index in [1.165, 1.54) is 0 Å². The van der Waals surface area contributed by atoms with Gasteiger partial charge in [-0.1, -0.05) is 0 Å². The van der Waals surface area contributed by atoms with Crippen LogP contribution in [0.4, 0.5) is 16.3 Å². The number of nitrogens with one attached hydrogen (secondary N) is 2. The van der Waals surface area contributed by atoms with Gasteiger partial charge in [0.05, 0.1) is 12.6 Å². The summed E-state index contributed by atoms with van der Waals surface area (Å²) >= 11 is 0. The lowest BCUT2D eigenvalue weighted by Crippen LogP contribution is -2.55. The lowest BCUT2D eigenvalue weighted by atomic mass is 9.87. The number of rotatable bonds is 5. The molecule has 4 amide bonds. The van der Waals surface area contributed by atoms with Crippen molar-refractivity contribution in [3.8, 4) is 5.75 Å². The molecule has 1 spiro atoms. The van der Waals surface area contributed by atoms with Crippen LogP contribution in [0.5, 0.6) is 5.75 Å². The van der Waals surface area contributed by atoms with Crippen LogP contribution in [-0.2, 0) is 9.59 Å². The number of amides is 4. The molecule has 2 aliphatic rings. The number of carbonyl (C=O) groups is 3. The third kappa shape index (κ3) is 3.73. The molecule has 0 aliphatic carbocycles. The fourth-order valence-corrected chi connectivity index (χ4v) is 4.48. The Kier molecular flexibility index (Phi) is 5.12. The minimum absolute atomic E-state index is 0.340. The molecule has 0 bridgehead atoms. The first-order valence-corrected chi connectivity index (χ1v) is 10.7. The van der Waals surface area contributed by atoms with Crippen molar-refractivity contribution in [2.45, 2.75) is 18.4 Å². The highest BCUT2D eigenvalue weighted by Crippen LogP contribution is 2.32. The van der Waals surface area contributed by atoms with Crippen LogP contribution in [0.25, 0.3) is 5.52 Å². The van der Waals surface area contributed by atoms with E-state index in [1.54, 1.807) is 37.6 Å². The van der Waals surface area contributed by atoms with Gasteiger partial charge in [-0.05, 0) is 49.2 Å². The standard InChI is InChI=1S/C23H24N6O4/c1-33-17-6-4-16(5-7-17)25-19(30)15-29-21(31)23(26-22(29)32)8-12-28(13-9-23)20-18-3-2-11-27(18)14-10-24-20/h2-7,10-11,14H,8-9,12-13,15H2,1H3,(H,25,30)(H,26,32). The number of ether oxygens (including phenoxy) is 1. The van der Waals surface area contributed by atoms with Crippen LogP contribution in [0.1, 0.15) is 12.8 Å². The van der Waals surface area contributed by atoms with Gasteiger partial charge in [0.25, 0.3) is 5.91 Å². The van der Waals surface area contributed by atoms with Crippen molar-refractivity contribution in [1.29, 1.82) is 0 Å². The molecule has 33 heavy (non-hydrogen) atoms. The Morgan fingerprint density at radius 3 is 2.64 bits per heavy atom. The Labute approximate surface area is 190 Å². The van der Waals surface area contributed by atoms with Crippen LogP contribution in [0.3, 0.4) is 0 Å². The molecule has 0 saturated carbocycles. The zero-order valence-corrected chi connectivity index (χ0v) is 18.2. The van der Waals surface area contributed by atoms with Crippen molar-refractivity contribution in [3.05, 3.63) is 55.0 Å². The van der Waals surface area contributed by atoms with E-state index in [0.29, 0.717) is 37.4 Å². The maximum absolute atomic E-state index is 13.2. The number of fused-ring (bicyclic) bond motifs is 1. The van der Waals surface area contributed by atoms with Crippen LogP contribution in [0.15, 0.2) is 55.0 Å². The number of piperidine rings is 1. The second-order valence-electron chi connectivity index (χ2n) is 8.22. The van der Waals surface area contributed by atoms with Crippen molar-refractivity contribution in [2.24, 2.45) is 0 Å². The van der Waals surface area contributed by atoms with Crippen molar-refractivity contribution >= 4 is 34.9 Å². The Morgan fingerprint density at radius 2 is 1.91 bits per heavy atom. The Bertz CT molecular complexity index is 1210. The summed E-state index contributed by atoms with van der Waals surface area (Å²) < 4.78 is 7.10. The van der Waals surface area contributed by atoms with Gasteiger partial charge in [-0.25, -0.2) is 9.78 Å². The smallest absolute Gasteiger partial charge is 0.325 e. The zero-order chi connectivity index (χ0) is 23.0. The number of nitrogens with zero attached hydrogens (tertiary/aromatic N) is 4. The number of hydrogen-bond acceptors (Lipinski definition) is 6. The van der Waals surface area contributed by atoms with Gasteiger partial charge < -0.3 is 24.7 Å². The molecule has 3 aromatic rings. The summed E-state index contributed by atoms with van der Waals surface area (Å²) in [4.78, 5) is 45.9. The maximum atomic E-state index is 13.2. The first kappa shape index (κ1) is 20.8. The van der Waals surface area contributed by atoms with E-state index in [4.69, 9.17) is 4.74 Å². The highest BCUT2D eigenvalue weighted by molar-refractivity contribution is 6.10. The van der Waals surface area contributed by atoms with Crippen LogP contribution in [0, 0.1) is 0 Å². The molecule has 10 heteroatoms. The van der Waals surface area contributed by atoms with E-state index in [9.17, 15) is 14.4 Å². The molecule has 0 atom stereocenters. The lowest BCUT2D eigenvalue weighted by molar-refractivity contribution is -0.134. The normalized spacial score (nSPS) is 17.5. The summed E-state index contributed by atoms with van der Waals surface area (Å²) in [6.07, 6.45) is 6.48. The molecule has 1 aromatic carbocycles. The highest BCUT2D eigenvalue weighted by atomic mass is 16.5. The quantitative estimate of drug-likeness (QED) is 0.577. The van der Waals surface area contributed by atoms with E-state index in [2.05, 4.69) is 20.5 Å². The molecule has 5 rings (SSSR count). The lowest BCUT2D eigenvalue weighted by Gasteiger charge is -2.38. The van der Waals surface area contributed by atoms with E-state index in [1.807, 2.05) is 28.9 Å². The molecule has 2 aliphatic heterocycles. The molecule has 2 N–H and O–H groups in total. The van der Waals surface area contributed by atoms with Gasteiger partial charge in [-0.15, -0.1) is 0 Å². The average Bonchev–Trinajstić information content (AvgIpc) is 3.39. The monoisotopic (exact) mass is 448 g/mol. The van der Waals surface area contributed by atoms with Crippen molar-refractivity contribution in [3.63, 3.8) is 0 Å². The van der Waals surface area contributed by atoms with E-state index >= 15 is 0 Å². The van der Waals surface area contributed by atoms with Crippen molar-refractivity contribution in [2.75, 3.05) is 37.0 Å². The minimum Gasteiger partial charge on any atom is -0.497 e.